The smallest absolute Gasteiger partial charge is 0.176 e. The van der Waals surface area contributed by atoms with Crippen molar-refractivity contribution in [2.75, 3.05) is 7.11 Å². The molecule has 1 heterocycles. The van der Waals surface area contributed by atoms with Gasteiger partial charge in [-0.1, -0.05) is 6.07 Å². The molecular weight excluding hydrogens is 168 g/mol. The van der Waals surface area contributed by atoms with Crippen LogP contribution in [0.1, 0.15) is 10.4 Å². The Hall–Kier alpha value is -1.77. The summed E-state index contributed by atoms with van der Waals surface area (Å²) in [7, 11) is 1.52. The van der Waals surface area contributed by atoms with E-state index in [2.05, 4.69) is 0 Å². The Kier molecular flexibility index (Phi) is 1.77. The van der Waals surface area contributed by atoms with Gasteiger partial charge in [-0.2, -0.15) is 0 Å². The van der Waals surface area contributed by atoms with Gasteiger partial charge in [0.1, 0.15) is 0 Å². The largest absolute Gasteiger partial charge is 0.492 e. The van der Waals surface area contributed by atoms with Crippen molar-refractivity contribution < 1.29 is 13.9 Å². The molecule has 0 radical (unpaired) electrons. The predicted molar refractivity (Wildman–Crippen MR) is 48.2 cm³/mol. The number of ether oxygens (including phenoxy) is 1. The van der Waals surface area contributed by atoms with Gasteiger partial charge in [-0.05, 0) is 12.1 Å². The zero-order valence-corrected chi connectivity index (χ0v) is 7.11. The van der Waals surface area contributed by atoms with Crippen molar-refractivity contribution in [2.45, 2.75) is 0 Å². The van der Waals surface area contributed by atoms with E-state index in [-0.39, 0.29) is 0 Å². The summed E-state index contributed by atoms with van der Waals surface area (Å²) in [5.74, 6) is 0.498. The van der Waals surface area contributed by atoms with Crippen LogP contribution in [0.2, 0.25) is 0 Å². The van der Waals surface area contributed by atoms with E-state index in [0.717, 1.165) is 11.7 Å². The lowest BCUT2D eigenvalue weighted by Gasteiger charge is -2.02. The topological polar surface area (TPSA) is 39.4 Å². The molecule has 0 aliphatic heterocycles. The molecule has 13 heavy (non-hydrogen) atoms. The molecule has 2 rings (SSSR count). The quantitative estimate of drug-likeness (QED) is 0.659. The number of carbonyl (C=O) groups is 1. The second kappa shape index (κ2) is 2.94. The van der Waals surface area contributed by atoms with E-state index >= 15 is 0 Å². The Bertz CT molecular complexity index is 442. The van der Waals surface area contributed by atoms with Gasteiger partial charge in [0, 0.05) is 5.39 Å². The number of aldehydes is 1. The molecular formula is C10H8O3. The van der Waals surface area contributed by atoms with Crippen LogP contribution >= 0.6 is 0 Å². The molecule has 0 amide bonds. The lowest BCUT2D eigenvalue weighted by Crippen LogP contribution is -1.89. The molecule has 0 unspecified atom stereocenters. The van der Waals surface area contributed by atoms with Crippen LogP contribution in [0.15, 0.2) is 28.9 Å². The van der Waals surface area contributed by atoms with Gasteiger partial charge in [0.05, 0.1) is 18.9 Å². The van der Waals surface area contributed by atoms with Crippen LogP contribution in [0.5, 0.6) is 5.75 Å². The Labute approximate surface area is 74.9 Å². The van der Waals surface area contributed by atoms with Crippen molar-refractivity contribution in [3.63, 3.8) is 0 Å². The average molecular weight is 176 g/mol. The third-order valence-electron chi connectivity index (χ3n) is 1.94. The zero-order chi connectivity index (χ0) is 9.26. The van der Waals surface area contributed by atoms with Crippen molar-refractivity contribution >= 4 is 17.3 Å². The van der Waals surface area contributed by atoms with E-state index in [1.807, 2.05) is 12.1 Å². The van der Waals surface area contributed by atoms with Crippen LogP contribution in [-0.4, -0.2) is 13.4 Å². The van der Waals surface area contributed by atoms with E-state index in [0.29, 0.717) is 16.9 Å². The summed E-state index contributed by atoms with van der Waals surface area (Å²) in [4.78, 5) is 10.6. The highest BCUT2D eigenvalue weighted by Gasteiger charge is 2.09. The summed E-state index contributed by atoms with van der Waals surface area (Å²) >= 11 is 0. The van der Waals surface area contributed by atoms with Gasteiger partial charge in [0.25, 0.3) is 0 Å². The van der Waals surface area contributed by atoms with Gasteiger partial charge >= 0.3 is 0 Å². The number of carbonyl (C=O) groups excluding carboxylic acids is 1. The van der Waals surface area contributed by atoms with Crippen molar-refractivity contribution in [1.29, 1.82) is 0 Å². The number of hydrogen-bond donors (Lipinski definition) is 0. The first kappa shape index (κ1) is 7.86. The number of methoxy groups -OCH3 is 1. The third kappa shape index (κ3) is 1.09. The molecule has 0 aliphatic rings. The van der Waals surface area contributed by atoms with Crippen LogP contribution in [0.25, 0.3) is 11.0 Å². The molecule has 3 nitrogen and oxygen atoms in total. The summed E-state index contributed by atoms with van der Waals surface area (Å²) in [6.45, 7) is 0. The normalized spacial score (nSPS) is 10.2. The highest BCUT2D eigenvalue weighted by molar-refractivity contribution is 5.92. The van der Waals surface area contributed by atoms with Gasteiger partial charge in [-0.25, -0.2) is 0 Å². The molecule has 1 aromatic heterocycles. The summed E-state index contributed by atoms with van der Waals surface area (Å²) < 4.78 is 10.3. The molecule has 0 spiro atoms. The molecule has 0 aliphatic carbocycles. The molecule has 0 atom stereocenters. The molecule has 3 heteroatoms. The Morgan fingerprint density at radius 1 is 1.38 bits per heavy atom. The first-order valence-electron chi connectivity index (χ1n) is 3.86. The Morgan fingerprint density at radius 2 is 2.23 bits per heavy atom. The summed E-state index contributed by atoms with van der Waals surface area (Å²) in [5.41, 5.74) is 1.12. The molecule has 1 aromatic carbocycles. The van der Waals surface area contributed by atoms with E-state index in [4.69, 9.17) is 9.15 Å². The molecule has 0 saturated heterocycles. The first-order valence-corrected chi connectivity index (χ1v) is 3.86. The van der Waals surface area contributed by atoms with Crippen LogP contribution < -0.4 is 4.74 Å². The first-order chi connectivity index (χ1) is 6.36. The molecule has 66 valence electrons. The molecule has 0 fully saturated rings. The lowest BCUT2D eigenvalue weighted by atomic mass is 10.1. The standard InChI is InChI=1S/C10H8O3/c1-12-9-8(6-11)3-2-7-4-5-13-10(7)9/h2-6H,1H3. The number of furan rings is 1. The van der Waals surface area contributed by atoms with Crippen molar-refractivity contribution in [2.24, 2.45) is 0 Å². The maximum atomic E-state index is 10.6. The van der Waals surface area contributed by atoms with E-state index in [1.54, 1.807) is 12.3 Å². The number of hydrogen-bond acceptors (Lipinski definition) is 3. The number of benzene rings is 1. The van der Waals surface area contributed by atoms with E-state index < -0.39 is 0 Å². The zero-order valence-electron chi connectivity index (χ0n) is 7.11. The SMILES string of the molecule is COc1c(C=O)ccc2ccoc12. The van der Waals surface area contributed by atoms with Gasteiger partial charge in [-0.3, -0.25) is 4.79 Å². The van der Waals surface area contributed by atoms with Crippen LogP contribution in [0.4, 0.5) is 0 Å². The average Bonchev–Trinajstić information content (AvgIpc) is 2.63. The molecule has 0 saturated carbocycles. The van der Waals surface area contributed by atoms with Gasteiger partial charge in [-0.15, -0.1) is 0 Å². The summed E-state index contributed by atoms with van der Waals surface area (Å²) in [6, 6.07) is 5.36. The number of fused-ring (bicyclic) bond motifs is 1. The second-order valence-electron chi connectivity index (χ2n) is 2.64. The van der Waals surface area contributed by atoms with Crippen LogP contribution in [0, 0.1) is 0 Å². The molecule has 0 bridgehead atoms. The van der Waals surface area contributed by atoms with Crippen molar-refractivity contribution in [1.82, 2.24) is 0 Å². The fourth-order valence-corrected chi connectivity index (χ4v) is 1.32. The maximum absolute atomic E-state index is 10.6. The van der Waals surface area contributed by atoms with Crippen LogP contribution in [-0.2, 0) is 0 Å². The monoisotopic (exact) mass is 176 g/mol. The molecule has 2 aromatic rings. The summed E-state index contributed by atoms with van der Waals surface area (Å²) in [6.07, 6.45) is 2.32. The van der Waals surface area contributed by atoms with Crippen molar-refractivity contribution in [3.8, 4) is 5.75 Å². The second-order valence-corrected chi connectivity index (χ2v) is 2.64. The van der Waals surface area contributed by atoms with Crippen molar-refractivity contribution in [3.05, 3.63) is 30.0 Å². The minimum absolute atomic E-state index is 0.498. The minimum atomic E-state index is 0.498. The predicted octanol–water partition coefficient (Wildman–Crippen LogP) is 2.25. The number of rotatable bonds is 2. The maximum Gasteiger partial charge on any atom is 0.176 e. The molecule has 0 N–H and O–H groups in total. The van der Waals surface area contributed by atoms with Crippen LogP contribution in [0.3, 0.4) is 0 Å². The highest BCUT2D eigenvalue weighted by Crippen LogP contribution is 2.29. The fraction of sp³-hybridized carbons (Fsp3) is 0.100. The third-order valence-corrected chi connectivity index (χ3v) is 1.94. The van der Waals surface area contributed by atoms with E-state index in [1.165, 1.54) is 7.11 Å². The highest BCUT2D eigenvalue weighted by atomic mass is 16.5. The lowest BCUT2D eigenvalue weighted by molar-refractivity contribution is 0.112. The summed E-state index contributed by atoms with van der Waals surface area (Å²) in [5, 5.41) is 0.933. The van der Waals surface area contributed by atoms with Gasteiger partial charge in [0.15, 0.2) is 17.6 Å². The Morgan fingerprint density at radius 3 is 2.92 bits per heavy atom. The van der Waals surface area contributed by atoms with Gasteiger partial charge in [0.2, 0.25) is 0 Å². The minimum Gasteiger partial charge on any atom is -0.492 e. The fourth-order valence-electron chi connectivity index (χ4n) is 1.32. The Balaban J connectivity index is 2.81. The van der Waals surface area contributed by atoms with Gasteiger partial charge < -0.3 is 9.15 Å². The van der Waals surface area contributed by atoms with E-state index in [9.17, 15) is 4.79 Å².